The molecule has 2 unspecified atom stereocenters. The van der Waals surface area contributed by atoms with E-state index >= 15 is 0 Å². The van der Waals surface area contributed by atoms with Crippen molar-refractivity contribution in [2.75, 3.05) is 0 Å². The van der Waals surface area contributed by atoms with Gasteiger partial charge in [-0.1, -0.05) is 44.2 Å². The summed E-state index contributed by atoms with van der Waals surface area (Å²) in [7, 11) is 0. The van der Waals surface area contributed by atoms with Crippen LogP contribution in [-0.2, 0) is 5.54 Å². The van der Waals surface area contributed by atoms with Gasteiger partial charge in [0.05, 0.1) is 5.52 Å². The fourth-order valence-electron chi connectivity index (χ4n) is 3.54. The van der Waals surface area contributed by atoms with Gasteiger partial charge in [-0.05, 0) is 39.2 Å². The van der Waals surface area contributed by atoms with Gasteiger partial charge in [-0.3, -0.25) is 0 Å². The van der Waals surface area contributed by atoms with Crippen LogP contribution in [0.2, 0.25) is 0 Å². The van der Waals surface area contributed by atoms with E-state index in [1.807, 2.05) is 0 Å². The van der Waals surface area contributed by atoms with Crippen molar-refractivity contribution in [3.8, 4) is 0 Å². The lowest BCUT2D eigenvalue weighted by Crippen LogP contribution is -2.27. The zero-order chi connectivity index (χ0) is 14.7. The predicted molar refractivity (Wildman–Crippen MR) is 88.3 cm³/mol. The lowest BCUT2D eigenvalue weighted by atomic mass is 9.84. The number of hydrogen-bond acceptors (Lipinski definition) is 0. The van der Waals surface area contributed by atoms with Gasteiger partial charge < -0.3 is 4.57 Å². The largest absolute Gasteiger partial charge is 0.338 e. The second kappa shape index (κ2) is 4.25. The van der Waals surface area contributed by atoms with Crippen LogP contribution in [0.1, 0.15) is 57.4 Å². The van der Waals surface area contributed by atoms with E-state index in [9.17, 15) is 0 Å². The van der Waals surface area contributed by atoms with Crippen LogP contribution in [0.4, 0.5) is 0 Å². The summed E-state index contributed by atoms with van der Waals surface area (Å²) in [6.07, 6.45) is 4.70. The van der Waals surface area contributed by atoms with Crippen LogP contribution in [-0.4, -0.2) is 4.57 Å². The van der Waals surface area contributed by atoms with Gasteiger partial charge in [0.25, 0.3) is 0 Å². The van der Waals surface area contributed by atoms with Gasteiger partial charge in [-0.25, -0.2) is 0 Å². The molecule has 20 heavy (non-hydrogen) atoms. The average molecular weight is 267 g/mol. The van der Waals surface area contributed by atoms with E-state index in [1.54, 1.807) is 0 Å². The van der Waals surface area contributed by atoms with Crippen LogP contribution in [0.25, 0.3) is 17.0 Å². The summed E-state index contributed by atoms with van der Waals surface area (Å²) < 4.78 is 2.58. The maximum atomic E-state index is 2.58. The average Bonchev–Trinajstić information content (AvgIpc) is 2.70. The Morgan fingerprint density at radius 1 is 1.10 bits per heavy atom. The molecular formula is C19H25N. The van der Waals surface area contributed by atoms with Crippen LogP contribution >= 0.6 is 0 Å². The summed E-state index contributed by atoms with van der Waals surface area (Å²) in [5.41, 5.74) is 5.84. The van der Waals surface area contributed by atoms with Gasteiger partial charge in [0.15, 0.2) is 0 Å². The van der Waals surface area contributed by atoms with Crippen LogP contribution in [0.3, 0.4) is 0 Å². The molecular weight excluding hydrogens is 242 g/mol. The van der Waals surface area contributed by atoms with E-state index in [-0.39, 0.29) is 5.54 Å². The number of aromatic nitrogens is 1. The lowest BCUT2D eigenvalue weighted by molar-refractivity contribution is 0.379. The van der Waals surface area contributed by atoms with E-state index in [0.29, 0.717) is 11.8 Å². The highest BCUT2D eigenvalue weighted by atomic mass is 15.1. The van der Waals surface area contributed by atoms with Gasteiger partial charge >= 0.3 is 0 Å². The second-order valence-corrected chi connectivity index (χ2v) is 7.28. The zero-order valence-corrected chi connectivity index (χ0v) is 13.5. The van der Waals surface area contributed by atoms with Crippen molar-refractivity contribution < 1.29 is 0 Å². The third-order valence-electron chi connectivity index (χ3n) is 4.73. The summed E-state index contributed by atoms with van der Waals surface area (Å²) in [5, 5.41) is 1.41. The Bertz CT molecular complexity index is 695. The molecule has 1 aliphatic rings. The molecule has 0 saturated heterocycles. The predicted octanol–water partition coefficient (Wildman–Crippen LogP) is 5.47. The molecule has 3 rings (SSSR count). The fourth-order valence-corrected chi connectivity index (χ4v) is 3.54. The SMILES string of the molecule is Cc1cccc2c3c(n(C(C)(C)C)c12)C(C)C(C)C=C3. The van der Waals surface area contributed by atoms with Crippen molar-refractivity contribution in [1.82, 2.24) is 4.57 Å². The fraction of sp³-hybridized carbons (Fsp3) is 0.474. The molecule has 1 aromatic heterocycles. The number of allylic oxidation sites excluding steroid dienone is 1. The molecule has 1 heteroatoms. The summed E-state index contributed by atoms with van der Waals surface area (Å²) >= 11 is 0. The highest BCUT2D eigenvalue weighted by molar-refractivity contribution is 5.94. The minimum atomic E-state index is 0.108. The van der Waals surface area contributed by atoms with E-state index in [2.05, 4.69) is 76.5 Å². The molecule has 0 bridgehead atoms. The van der Waals surface area contributed by atoms with Crippen molar-refractivity contribution >= 4 is 17.0 Å². The van der Waals surface area contributed by atoms with E-state index in [0.717, 1.165) is 0 Å². The van der Waals surface area contributed by atoms with E-state index in [1.165, 1.54) is 27.7 Å². The zero-order valence-electron chi connectivity index (χ0n) is 13.5. The molecule has 0 aliphatic heterocycles. The Labute approximate surface area is 122 Å². The Morgan fingerprint density at radius 2 is 1.80 bits per heavy atom. The first-order valence-electron chi connectivity index (χ1n) is 7.65. The topological polar surface area (TPSA) is 4.93 Å². The van der Waals surface area contributed by atoms with Crippen LogP contribution < -0.4 is 0 Å². The molecule has 0 saturated carbocycles. The number of para-hydroxylation sites is 1. The molecule has 2 aromatic rings. The first-order valence-corrected chi connectivity index (χ1v) is 7.65. The summed E-state index contributed by atoms with van der Waals surface area (Å²) in [6.45, 7) is 13.9. The Kier molecular flexibility index (Phi) is 2.86. The standard InChI is InChI=1S/C19H25N/c1-12-10-11-16-15-9-7-8-13(2)17(15)20(19(4,5)6)18(16)14(12)3/h7-12,14H,1-6H3. The number of aryl methyl sites for hydroxylation is 1. The molecule has 2 atom stereocenters. The number of benzene rings is 1. The number of rotatable bonds is 0. The van der Waals surface area contributed by atoms with Crippen molar-refractivity contribution in [1.29, 1.82) is 0 Å². The van der Waals surface area contributed by atoms with Crippen LogP contribution in [0, 0.1) is 12.8 Å². The Hall–Kier alpha value is -1.50. The first-order chi connectivity index (χ1) is 9.32. The summed E-state index contributed by atoms with van der Waals surface area (Å²) in [6, 6.07) is 6.69. The third kappa shape index (κ3) is 1.76. The minimum absolute atomic E-state index is 0.108. The highest BCUT2D eigenvalue weighted by Crippen LogP contribution is 2.43. The normalized spacial score (nSPS) is 22.3. The smallest absolute Gasteiger partial charge is 0.0523 e. The van der Waals surface area contributed by atoms with E-state index in [4.69, 9.17) is 0 Å². The van der Waals surface area contributed by atoms with Crippen molar-refractivity contribution in [3.05, 3.63) is 41.1 Å². The first kappa shape index (κ1) is 13.5. The maximum absolute atomic E-state index is 2.58. The van der Waals surface area contributed by atoms with Gasteiger partial charge in [-0.15, -0.1) is 0 Å². The van der Waals surface area contributed by atoms with Gasteiger partial charge in [-0.2, -0.15) is 0 Å². The third-order valence-corrected chi connectivity index (χ3v) is 4.73. The molecule has 0 spiro atoms. The maximum Gasteiger partial charge on any atom is 0.0523 e. The van der Waals surface area contributed by atoms with Gasteiger partial charge in [0.2, 0.25) is 0 Å². The second-order valence-electron chi connectivity index (χ2n) is 7.28. The number of fused-ring (bicyclic) bond motifs is 3. The van der Waals surface area contributed by atoms with Crippen molar-refractivity contribution in [2.24, 2.45) is 5.92 Å². The van der Waals surface area contributed by atoms with E-state index < -0.39 is 0 Å². The molecule has 1 nitrogen and oxygen atoms in total. The molecule has 1 aliphatic carbocycles. The number of nitrogens with zero attached hydrogens (tertiary/aromatic N) is 1. The minimum Gasteiger partial charge on any atom is -0.338 e. The summed E-state index contributed by atoms with van der Waals surface area (Å²) in [4.78, 5) is 0. The van der Waals surface area contributed by atoms with Crippen LogP contribution in [0.5, 0.6) is 0 Å². The molecule has 0 N–H and O–H groups in total. The highest BCUT2D eigenvalue weighted by Gasteiger charge is 2.30. The van der Waals surface area contributed by atoms with Gasteiger partial charge in [0.1, 0.15) is 0 Å². The summed E-state index contributed by atoms with van der Waals surface area (Å²) in [5.74, 6) is 1.18. The van der Waals surface area contributed by atoms with Gasteiger partial charge in [0, 0.05) is 28.1 Å². The molecule has 1 heterocycles. The molecule has 0 amide bonds. The monoisotopic (exact) mass is 267 g/mol. The Balaban J connectivity index is 2.50. The number of hydrogen-bond donors (Lipinski definition) is 0. The van der Waals surface area contributed by atoms with Crippen LogP contribution in [0.15, 0.2) is 24.3 Å². The molecule has 0 radical (unpaired) electrons. The quantitative estimate of drug-likeness (QED) is 0.596. The van der Waals surface area contributed by atoms with Crippen molar-refractivity contribution in [3.63, 3.8) is 0 Å². The Morgan fingerprint density at radius 3 is 2.45 bits per heavy atom. The molecule has 1 aromatic carbocycles. The molecule has 0 fully saturated rings. The molecule has 106 valence electrons. The lowest BCUT2D eigenvalue weighted by Gasteiger charge is -2.31. The van der Waals surface area contributed by atoms with Crippen molar-refractivity contribution in [2.45, 2.75) is 53.0 Å².